The summed E-state index contributed by atoms with van der Waals surface area (Å²) in [5.41, 5.74) is 1.34. The summed E-state index contributed by atoms with van der Waals surface area (Å²) < 4.78 is 14.8. The van der Waals surface area contributed by atoms with Gasteiger partial charge < -0.3 is 5.32 Å². The van der Waals surface area contributed by atoms with Gasteiger partial charge in [-0.1, -0.05) is 13.0 Å². The zero-order valence-corrected chi connectivity index (χ0v) is 10.7. The monoisotopic (exact) mass is 249 g/mol. The number of nitrogens with one attached hydrogen (secondary N) is 1. The quantitative estimate of drug-likeness (QED) is 0.811. The van der Waals surface area contributed by atoms with Gasteiger partial charge in [0.2, 0.25) is 0 Å². The van der Waals surface area contributed by atoms with Crippen LogP contribution in [0, 0.1) is 11.7 Å². The van der Waals surface area contributed by atoms with E-state index in [-0.39, 0.29) is 5.82 Å². The molecular formula is C14H16FNS. The first-order chi connectivity index (χ1) is 8.27. The van der Waals surface area contributed by atoms with Crippen LogP contribution in [0.25, 0.3) is 10.1 Å². The maximum Gasteiger partial charge on any atom is 0.131 e. The second-order valence-electron chi connectivity index (χ2n) is 4.88. The summed E-state index contributed by atoms with van der Waals surface area (Å²) in [6.07, 6.45) is 1.15. The van der Waals surface area contributed by atoms with Crippen LogP contribution in [-0.4, -0.2) is 13.1 Å². The minimum Gasteiger partial charge on any atom is -0.316 e. The van der Waals surface area contributed by atoms with E-state index in [0.717, 1.165) is 29.6 Å². The molecule has 2 unspecified atom stereocenters. The molecule has 3 rings (SSSR count). The maximum atomic E-state index is 13.7. The largest absolute Gasteiger partial charge is 0.316 e. The highest BCUT2D eigenvalue weighted by molar-refractivity contribution is 7.17. The molecule has 1 aromatic carbocycles. The Kier molecular flexibility index (Phi) is 2.89. The fraction of sp³-hybridized carbons (Fsp3) is 0.429. The highest BCUT2D eigenvalue weighted by Gasteiger charge is 2.25. The Balaban J connectivity index is 2.10. The van der Waals surface area contributed by atoms with Gasteiger partial charge in [-0.15, -0.1) is 11.3 Å². The normalized spacial score (nSPS) is 25.3. The molecular weight excluding hydrogens is 233 g/mol. The first-order valence-electron chi connectivity index (χ1n) is 6.13. The first kappa shape index (κ1) is 11.2. The van der Waals surface area contributed by atoms with Crippen LogP contribution in [0.2, 0.25) is 0 Å². The van der Waals surface area contributed by atoms with Gasteiger partial charge in [-0.25, -0.2) is 4.39 Å². The van der Waals surface area contributed by atoms with Crippen LogP contribution in [0.4, 0.5) is 4.39 Å². The van der Waals surface area contributed by atoms with Crippen LogP contribution in [0.15, 0.2) is 23.6 Å². The lowest BCUT2D eigenvalue weighted by molar-refractivity contribution is 0.351. The van der Waals surface area contributed by atoms with Crippen molar-refractivity contribution in [3.8, 4) is 0 Å². The van der Waals surface area contributed by atoms with E-state index in [1.807, 2.05) is 17.5 Å². The highest BCUT2D eigenvalue weighted by atomic mass is 32.1. The second-order valence-corrected chi connectivity index (χ2v) is 5.79. The fourth-order valence-electron chi connectivity index (χ4n) is 2.82. The average molecular weight is 249 g/mol. The predicted molar refractivity (Wildman–Crippen MR) is 71.2 cm³/mol. The number of thiophene rings is 1. The zero-order chi connectivity index (χ0) is 11.8. The molecule has 1 fully saturated rings. The van der Waals surface area contributed by atoms with Crippen LogP contribution in [0.3, 0.4) is 0 Å². The lowest BCUT2D eigenvalue weighted by Crippen LogP contribution is -2.33. The highest BCUT2D eigenvalue weighted by Crippen LogP contribution is 2.37. The molecule has 0 bridgehead atoms. The Morgan fingerprint density at radius 1 is 1.35 bits per heavy atom. The lowest BCUT2D eigenvalue weighted by atomic mass is 9.82. The van der Waals surface area contributed by atoms with Gasteiger partial charge in [-0.3, -0.25) is 0 Å². The predicted octanol–water partition coefficient (Wildman–Crippen LogP) is 3.75. The third-order valence-corrected chi connectivity index (χ3v) is 4.74. The molecule has 2 atom stereocenters. The molecule has 1 saturated heterocycles. The molecule has 17 heavy (non-hydrogen) atoms. The summed E-state index contributed by atoms with van der Waals surface area (Å²) in [6.45, 7) is 4.41. The average Bonchev–Trinajstić information content (AvgIpc) is 2.81. The minimum atomic E-state index is -0.0911. The van der Waals surface area contributed by atoms with E-state index in [1.165, 1.54) is 5.56 Å². The third kappa shape index (κ3) is 1.87. The van der Waals surface area contributed by atoms with Crippen LogP contribution in [-0.2, 0) is 0 Å². The van der Waals surface area contributed by atoms with Gasteiger partial charge in [0.1, 0.15) is 5.82 Å². The van der Waals surface area contributed by atoms with Crippen molar-refractivity contribution in [1.82, 2.24) is 5.32 Å². The van der Waals surface area contributed by atoms with Gasteiger partial charge in [-0.05, 0) is 54.4 Å². The van der Waals surface area contributed by atoms with E-state index in [4.69, 9.17) is 0 Å². The standard InChI is InChI=1S/C14H16FNS/c1-9-8-16-6-4-10(9)11-2-3-13(15)12-5-7-17-14(11)12/h2-3,5,7,9-10,16H,4,6,8H2,1H3. The molecule has 2 heterocycles. The fourth-order valence-corrected chi connectivity index (χ4v) is 3.81. The molecule has 2 aromatic rings. The lowest BCUT2D eigenvalue weighted by Gasteiger charge is -2.30. The molecule has 0 aliphatic carbocycles. The van der Waals surface area contributed by atoms with Crippen LogP contribution < -0.4 is 5.32 Å². The van der Waals surface area contributed by atoms with Gasteiger partial charge in [0.25, 0.3) is 0 Å². The van der Waals surface area contributed by atoms with E-state index in [1.54, 1.807) is 17.4 Å². The Morgan fingerprint density at radius 2 is 2.24 bits per heavy atom. The molecule has 0 amide bonds. The SMILES string of the molecule is CC1CNCCC1c1ccc(F)c2ccsc12. The van der Waals surface area contributed by atoms with Crippen LogP contribution >= 0.6 is 11.3 Å². The third-order valence-electron chi connectivity index (χ3n) is 3.78. The van der Waals surface area contributed by atoms with Gasteiger partial charge in [-0.2, -0.15) is 0 Å². The smallest absolute Gasteiger partial charge is 0.131 e. The maximum absolute atomic E-state index is 13.7. The Morgan fingerprint density at radius 3 is 3.06 bits per heavy atom. The van der Waals surface area contributed by atoms with E-state index in [9.17, 15) is 4.39 Å². The molecule has 0 spiro atoms. The summed E-state index contributed by atoms with van der Waals surface area (Å²) in [5, 5.41) is 6.20. The van der Waals surface area contributed by atoms with Crippen molar-refractivity contribution in [1.29, 1.82) is 0 Å². The molecule has 1 nitrogen and oxygen atoms in total. The van der Waals surface area contributed by atoms with Crippen LogP contribution in [0.1, 0.15) is 24.8 Å². The van der Waals surface area contributed by atoms with Crippen molar-refractivity contribution < 1.29 is 4.39 Å². The van der Waals surface area contributed by atoms with Crippen molar-refractivity contribution in [3.05, 3.63) is 35.0 Å². The van der Waals surface area contributed by atoms with Crippen molar-refractivity contribution in [3.63, 3.8) is 0 Å². The van der Waals surface area contributed by atoms with E-state index in [0.29, 0.717) is 11.8 Å². The van der Waals surface area contributed by atoms with E-state index in [2.05, 4.69) is 12.2 Å². The number of piperidine rings is 1. The molecule has 0 saturated carbocycles. The van der Waals surface area contributed by atoms with Gasteiger partial charge >= 0.3 is 0 Å². The van der Waals surface area contributed by atoms with Gasteiger partial charge in [0.15, 0.2) is 0 Å². The van der Waals surface area contributed by atoms with E-state index >= 15 is 0 Å². The van der Waals surface area contributed by atoms with Crippen molar-refractivity contribution >= 4 is 21.4 Å². The van der Waals surface area contributed by atoms with Crippen molar-refractivity contribution in [2.45, 2.75) is 19.3 Å². The van der Waals surface area contributed by atoms with Gasteiger partial charge in [0.05, 0.1) is 0 Å². The zero-order valence-electron chi connectivity index (χ0n) is 9.87. The summed E-state index contributed by atoms with van der Waals surface area (Å²) in [4.78, 5) is 0. The Hall–Kier alpha value is -0.930. The molecule has 1 aliphatic rings. The number of halogens is 1. The topological polar surface area (TPSA) is 12.0 Å². The van der Waals surface area contributed by atoms with Crippen molar-refractivity contribution in [2.24, 2.45) is 5.92 Å². The molecule has 90 valence electrons. The molecule has 3 heteroatoms. The molecule has 1 aliphatic heterocycles. The summed E-state index contributed by atoms with van der Waals surface area (Å²) in [7, 11) is 0. The summed E-state index contributed by atoms with van der Waals surface area (Å²) in [6, 6.07) is 5.50. The summed E-state index contributed by atoms with van der Waals surface area (Å²) >= 11 is 1.66. The number of hydrogen-bond acceptors (Lipinski definition) is 2. The Labute approximate surface area is 105 Å². The Bertz CT molecular complexity index is 534. The van der Waals surface area contributed by atoms with Crippen LogP contribution in [0.5, 0.6) is 0 Å². The summed E-state index contributed by atoms with van der Waals surface area (Å²) in [5.74, 6) is 1.10. The second kappa shape index (κ2) is 4.39. The number of rotatable bonds is 1. The van der Waals surface area contributed by atoms with Crippen molar-refractivity contribution in [2.75, 3.05) is 13.1 Å². The first-order valence-corrected chi connectivity index (χ1v) is 7.01. The van der Waals surface area contributed by atoms with E-state index < -0.39 is 0 Å². The molecule has 1 N–H and O–H groups in total. The molecule has 0 radical (unpaired) electrons. The molecule has 1 aromatic heterocycles. The number of benzene rings is 1. The minimum absolute atomic E-state index is 0.0911. The number of fused-ring (bicyclic) bond motifs is 1. The van der Waals surface area contributed by atoms with Gasteiger partial charge in [0, 0.05) is 10.1 Å². The number of hydrogen-bond donors (Lipinski definition) is 1.